The summed E-state index contributed by atoms with van der Waals surface area (Å²) in [5.41, 5.74) is 1.62. The second-order valence-electron chi connectivity index (χ2n) is 6.72. The molecule has 1 amide bonds. The molecule has 0 radical (unpaired) electrons. The van der Waals surface area contributed by atoms with Crippen molar-refractivity contribution in [2.75, 3.05) is 5.32 Å². The maximum Gasteiger partial charge on any atom is 0.258 e. The average Bonchev–Trinajstić information content (AvgIpc) is 3.39. The highest BCUT2D eigenvalue weighted by molar-refractivity contribution is 5.91. The molecule has 0 spiro atoms. The number of para-hydroxylation sites is 1. The molecular formula is C20H19N7O2. The van der Waals surface area contributed by atoms with Crippen LogP contribution in [0.3, 0.4) is 0 Å². The Hall–Kier alpha value is -3.88. The number of hydrogen-bond acceptors (Lipinski definition) is 7. The van der Waals surface area contributed by atoms with E-state index in [-0.39, 0.29) is 11.8 Å². The standard InChI is InChI=1S/C20H19N7O2/c1-13(2)19(28)23-16-10-14(8-9-21-16)20-24-17(26-29-20)11-18-25-22-12-27(18)15-6-4-3-5-7-15/h3-10,12-13H,11H2,1-2H3,(H,21,23,28). The molecule has 0 saturated heterocycles. The van der Waals surface area contributed by atoms with Crippen molar-refractivity contribution in [1.82, 2.24) is 29.9 Å². The molecule has 0 fully saturated rings. The van der Waals surface area contributed by atoms with Crippen LogP contribution < -0.4 is 5.32 Å². The zero-order chi connectivity index (χ0) is 20.2. The molecule has 4 aromatic rings. The van der Waals surface area contributed by atoms with Gasteiger partial charge in [-0.1, -0.05) is 37.2 Å². The molecule has 29 heavy (non-hydrogen) atoms. The van der Waals surface area contributed by atoms with Gasteiger partial charge in [-0.05, 0) is 24.3 Å². The average molecular weight is 389 g/mol. The Balaban J connectivity index is 1.53. The largest absolute Gasteiger partial charge is 0.334 e. The monoisotopic (exact) mass is 389 g/mol. The molecule has 1 N–H and O–H groups in total. The smallest absolute Gasteiger partial charge is 0.258 e. The first kappa shape index (κ1) is 18.5. The second-order valence-corrected chi connectivity index (χ2v) is 6.72. The lowest BCUT2D eigenvalue weighted by Crippen LogP contribution is -2.18. The van der Waals surface area contributed by atoms with Gasteiger partial charge >= 0.3 is 0 Å². The first-order chi connectivity index (χ1) is 14.1. The van der Waals surface area contributed by atoms with E-state index in [2.05, 4.69) is 30.6 Å². The van der Waals surface area contributed by atoms with E-state index in [9.17, 15) is 4.79 Å². The summed E-state index contributed by atoms with van der Waals surface area (Å²) in [6.45, 7) is 3.63. The van der Waals surface area contributed by atoms with Crippen LogP contribution in [0.5, 0.6) is 0 Å². The van der Waals surface area contributed by atoms with E-state index < -0.39 is 0 Å². The Labute approximate surface area is 166 Å². The molecule has 0 aliphatic carbocycles. The third-order valence-corrected chi connectivity index (χ3v) is 4.22. The van der Waals surface area contributed by atoms with Gasteiger partial charge in [0.1, 0.15) is 18.0 Å². The minimum atomic E-state index is -0.141. The summed E-state index contributed by atoms with van der Waals surface area (Å²) in [5, 5.41) is 15.0. The van der Waals surface area contributed by atoms with Crippen molar-refractivity contribution < 1.29 is 9.32 Å². The molecule has 3 heterocycles. The quantitative estimate of drug-likeness (QED) is 0.539. The van der Waals surface area contributed by atoms with Gasteiger partial charge in [0, 0.05) is 23.4 Å². The molecule has 0 bridgehead atoms. The summed E-state index contributed by atoms with van der Waals surface area (Å²) in [6, 6.07) is 13.2. The summed E-state index contributed by atoms with van der Waals surface area (Å²) in [7, 11) is 0. The van der Waals surface area contributed by atoms with Crippen molar-refractivity contribution >= 4 is 11.7 Å². The van der Waals surface area contributed by atoms with E-state index >= 15 is 0 Å². The first-order valence-corrected chi connectivity index (χ1v) is 9.14. The fourth-order valence-corrected chi connectivity index (χ4v) is 2.67. The zero-order valence-corrected chi connectivity index (χ0v) is 16.0. The fraction of sp³-hybridized carbons (Fsp3) is 0.200. The van der Waals surface area contributed by atoms with Crippen molar-refractivity contribution in [3.05, 3.63) is 66.6 Å². The van der Waals surface area contributed by atoms with Gasteiger partial charge in [-0.25, -0.2) is 4.98 Å². The van der Waals surface area contributed by atoms with Crippen LogP contribution in [0, 0.1) is 5.92 Å². The minimum absolute atomic E-state index is 0.110. The van der Waals surface area contributed by atoms with E-state index in [1.807, 2.05) is 48.7 Å². The predicted octanol–water partition coefficient (Wildman–Crippen LogP) is 2.90. The molecule has 0 unspecified atom stereocenters. The van der Waals surface area contributed by atoms with E-state index in [1.165, 1.54) is 0 Å². The van der Waals surface area contributed by atoms with Crippen molar-refractivity contribution in [3.8, 4) is 17.1 Å². The molecule has 4 rings (SSSR count). The van der Waals surface area contributed by atoms with Gasteiger partial charge in [-0.15, -0.1) is 10.2 Å². The lowest BCUT2D eigenvalue weighted by molar-refractivity contribution is -0.118. The van der Waals surface area contributed by atoms with Gasteiger partial charge < -0.3 is 9.84 Å². The molecule has 0 aliphatic rings. The topological polar surface area (TPSA) is 112 Å². The summed E-state index contributed by atoms with van der Waals surface area (Å²) in [5.74, 6) is 1.70. The number of amides is 1. The Morgan fingerprint density at radius 3 is 2.83 bits per heavy atom. The molecule has 0 atom stereocenters. The van der Waals surface area contributed by atoms with Crippen LogP contribution in [0.4, 0.5) is 5.82 Å². The number of pyridine rings is 1. The summed E-state index contributed by atoms with van der Waals surface area (Å²) in [4.78, 5) is 20.5. The first-order valence-electron chi connectivity index (χ1n) is 9.14. The SMILES string of the molecule is CC(C)C(=O)Nc1cc(-c2nc(Cc3nncn3-c3ccccc3)no2)ccn1. The maximum atomic E-state index is 11.9. The van der Waals surface area contributed by atoms with Gasteiger partial charge in [-0.2, -0.15) is 4.98 Å². The van der Waals surface area contributed by atoms with E-state index in [0.717, 1.165) is 5.69 Å². The number of hydrogen-bond donors (Lipinski definition) is 1. The predicted molar refractivity (Wildman–Crippen MR) is 105 cm³/mol. The number of carbonyl (C=O) groups excluding carboxylic acids is 1. The maximum absolute atomic E-state index is 11.9. The third kappa shape index (κ3) is 4.18. The molecule has 1 aromatic carbocycles. The number of carbonyl (C=O) groups is 1. The van der Waals surface area contributed by atoms with Crippen LogP contribution in [-0.2, 0) is 11.2 Å². The summed E-state index contributed by atoms with van der Waals surface area (Å²) < 4.78 is 7.27. The van der Waals surface area contributed by atoms with Crippen molar-refractivity contribution in [1.29, 1.82) is 0 Å². The summed E-state index contributed by atoms with van der Waals surface area (Å²) >= 11 is 0. The fourth-order valence-electron chi connectivity index (χ4n) is 2.67. The molecule has 0 saturated carbocycles. The number of nitrogens with zero attached hydrogens (tertiary/aromatic N) is 6. The van der Waals surface area contributed by atoms with Gasteiger partial charge in [0.15, 0.2) is 5.82 Å². The highest BCUT2D eigenvalue weighted by atomic mass is 16.5. The lowest BCUT2D eigenvalue weighted by Gasteiger charge is -2.06. The molecule has 9 nitrogen and oxygen atoms in total. The summed E-state index contributed by atoms with van der Waals surface area (Å²) in [6.07, 6.45) is 3.60. The Bertz CT molecular complexity index is 1120. The van der Waals surface area contributed by atoms with E-state index in [4.69, 9.17) is 4.52 Å². The number of rotatable bonds is 6. The number of benzene rings is 1. The Kier molecular flexibility index (Phi) is 5.10. The Morgan fingerprint density at radius 2 is 2.03 bits per heavy atom. The lowest BCUT2D eigenvalue weighted by atomic mass is 10.2. The van der Waals surface area contributed by atoms with E-state index in [1.54, 1.807) is 24.7 Å². The van der Waals surface area contributed by atoms with Crippen LogP contribution in [-0.4, -0.2) is 35.8 Å². The zero-order valence-electron chi connectivity index (χ0n) is 16.0. The number of nitrogens with one attached hydrogen (secondary N) is 1. The van der Waals surface area contributed by atoms with Gasteiger partial charge in [0.2, 0.25) is 5.91 Å². The molecule has 9 heteroatoms. The highest BCUT2D eigenvalue weighted by Crippen LogP contribution is 2.21. The Morgan fingerprint density at radius 1 is 1.21 bits per heavy atom. The van der Waals surface area contributed by atoms with Crippen LogP contribution in [0.1, 0.15) is 25.5 Å². The van der Waals surface area contributed by atoms with Crippen molar-refractivity contribution in [2.45, 2.75) is 20.3 Å². The highest BCUT2D eigenvalue weighted by Gasteiger charge is 2.15. The van der Waals surface area contributed by atoms with Crippen LogP contribution in [0.2, 0.25) is 0 Å². The van der Waals surface area contributed by atoms with E-state index in [0.29, 0.717) is 35.3 Å². The van der Waals surface area contributed by atoms with Crippen molar-refractivity contribution in [2.24, 2.45) is 5.92 Å². The number of aromatic nitrogens is 6. The normalized spacial score (nSPS) is 11.0. The minimum Gasteiger partial charge on any atom is -0.334 e. The second kappa shape index (κ2) is 8.01. The van der Waals surface area contributed by atoms with Crippen LogP contribution in [0.15, 0.2) is 59.5 Å². The van der Waals surface area contributed by atoms with Crippen molar-refractivity contribution in [3.63, 3.8) is 0 Å². The van der Waals surface area contributed by atoms with Gasteiger partial charge in [0.25, 0.3) is 5.89 Å². The van der Waals surface area contributed by atoms with Crippen LogP contribution >= 0.6 is 0 Å². The van der Waals surface area contributed by atoms with Gasteiger partial charge in [0.05, 0.1) is 6.42 Å². The molecule has 146 valence electrons. The van der Waals surface area contributed by atoms with Gasteiger partial charge in [-0.3, -0.25) is 9.36 Å². The van der Waals surface area contributed by atoms with Crippen LogP contribution in [0.25, 0.3) is 17.1 Å². The molecule has 3 aromatic heterocycles. The number of anilines is 1. The molecular weight excluding hydrogens is 370 g/mol. The third-order valence-electron chi connectivity index (χ3n) is 4.22. The molecule has 0 aliphatic heterocycles.